The molecule has 0 unspecified atom stereocenters. The van der Waals surface area contributed by atoms with Gasteiger partial charge in [-0.25, -0.2) is 4.79 Å². The van der Waals surface area contributed by atoms with Gasteiger partial charge >= 0.3 is 5.97 Å². The third kappa shape index (κ3) is 6.14. The molecule has 0 saturated heterocycles. The normalized spacial score (nSPS) is 12.1. The largest absolute Gasteiger partial charge is 0.497 e. The van der Waals surface area contributed by atoms with Gasteiger partial charge in [-0.05, 0) is 56.3 Å². The van der Waals surface area contributed by atoms with Crippen molar-refractivity contribution in [2.45, 2.75) is 26.0 Å². The van der Waals surface area contributed by atoms with Gasteiger partial charge in [0.25, 0.3) is 5.91 Å². The van der Waals surface area contributed by atoms with Crippen LogP contribution in [0.1, 0.15) is 31.0 Å². The molecule has 1 amide bonds. The van der Waals surface area contributed by atoms with Crippen molar-refractivity contribution in [3.8, 4) is 23.3 Å². The number of rotatable bonds is 9. The van der Waals surface area contributed by atoms with Crippen LogP contribution in [0.3, 0.4) is 0 Å². The number of hydrogen-bond donors (Lipinski definition) is 1. The lowest BCUT2D eigenvalue weighted by molar-refractivity contribution is -0.154. The molecule has 0 spiro atoms. The number of methoxy groups -OCH3 is 2. The Bertz CT molecular complexity index is 920. The summed E-state index contributed by atoms with van der Waals surface area (Å²) in [4.78, 5) is 24.3. The van der Waals surface area contributed by atoms with Crippen LogP contribution in [0.15, 0.2) is 42.5 Å². The number of nitrogens with one attached hydrogen (secondary N) is 1. The van der Waals surface area contributed by atoms with Crippen LogP contribution in [-0.2, 0) is 14.3 Å². The van der Waals surface area contributed by atoms with E-state index in [2.05, 4.69) is 5.32 Å². The first-order valence-electron chi connectivity index (χ1n) is 9.22. The van der Waals surface area contributed by atoms with Crippen LogP contribution in [0.4, 0.5) is 0 Å². The van der Waals surface area contributed by atoms with Crippen LogP contribution >= 0.6 is 0 Å². The first-order chi connectivity index (χ1) is 14.4. The van der Waals surface area contributed by atoms with Crippen LogP contribution in [-0.4, -0.2) is 38.8 Å². The van der Waals surface area contributed by atoms with Crippen molar-refractivity contribution in [1.82, 2.24) is 5.32 Å². The van der Waals surface area contributed by atoms with Crippen molar-refractivity contribution >= 4 is 11.9 Å². The molecule has 8 heteroatoms. The van der Waals surface area contributed by atoms with E-state index in [-0.39, 0.29) is 0 Å². The second kappa shape index (κ2) is 10.7. The topological polar surface area (TPSA) is 107 Å². The minimum absolute atomic E-state index is 0.395. The van der Waals surface area contributed by atoms with E-state index in [1.54, 1.807) is 56.5 Å². The van der Waals surface area contributed by atoms with Crippen molar-refractivity contribution in [3.05, 3.63) is 53.6 Å². The Morgan fingerprint density at radius 2 is 1.70 bits per heavy atom. The Balaban J connectivity index is 1.87. The Morgan fingerprint density at radius 1 is 1.03 bits per heavy atom. The maximum Gasteiger partial charge on any atom is 0.347 e. The lowest BCUT2D eigenvalue weighted by atomic mass is 10.1. The number of carbonyl (C=O) groups excluding carboxylic acids is 2. The molecule has 0 heterocycles. The van der Waals surface area contributed by atoms with E-state index in [4.69, 9.17) is 24.2 Å². The average molecular weight is 412 g/mol. The van der Waals surface area contributed by atoms with E-state index < -0.39 is 30.6 Å². The quantitative estimate of drug-likeness (QED) is 0.631. The van der Waals surface area contributed by atoms with E-state index in [0.29, 0.717) is 22.8 Å². The molecule has 2 aromatic carbocycles. The number of benzene rings is 2. The number of esters is 1. The number of nitrogens with zero attached hydrogens (tertiary/aromatic N) is 1. The molecule has 2 atom stereocenters. The summed E-state index contributed by atoms with van der Waals surface area (Å²) >= 11 is 0. The summed E-state index contributed by atoms with van der Waals surface area (Å²) in [5, 5.41) is 11.6. The van der Waals surface area contributed by atoms with Crippen LogP contribution < -0.4 is 19.5 Å². The van der Waals surface area contributed by atoms with Crippen LogP contribution in [0.2, 0.25) is 0 Å². The van der Waals surface area contributed by atoms with E-state index in [9.17, 15) is 9.59 Å². The second-order valence-corrected chi connectivity index (χ2v) is 6.40. The van der Waals surface area contributed by atoms with Crippen LogP contribution in [0.25, 0.3) is 0 Å². The van der Waals surface area contributed by atoms with Crippen LogP contribution in [0.5, 0.6) is 17.2 Å². The first kappa shape index (κ1) is 22.6. The summed E-state index contributed by atoms with van der Waals surface area (Å²) in [7, 11) is 3.09. The summed E-state index contributed by atoms with van der Waals surface area (Å²) < 4.78 is 21.0. The highest BCUT2D eigenvalue weighted by atomic mass is 16.6. The summed E-state index contributed by atoms with van der Waals surface area (Å²) in [6.45, 7) is 2.85. The number of hydrogen-bond acceptors (Lipinski definition) is 7. The maximum atomic E-state index is 12.2. The van der Waals surface area contributed by atoms with Gasteiger partial charge in [-0.1, -0.05) is 0 Å². The van der Waals surface area contributed by atoms with Gasteiger partial charge in [-0.3, -0.25) is 4.79 Å². The zero-order valence-corrected chi connectivity index (χ0v) is 17.3. The fourth-order valence-corrected chi connectivity index (χ4v) is 2.65. The van der Waals surface area contributed by atoms with Gasteiger partial charge in [0.1, 0.15) is 17.2 Å². The van der Waals surface area contributed by atoms with E-state index in [0.717, 1.165) is 5.56 Å². The van der Waals surface area contributed by atoms with Crippen molar-refractivity contribution in [2.24, 2.45) is 0 Å². The van der Waals surface area contributed by atoms with Gasteiger partial charge in [-0.2, -0.15) is 5.26 Å². The lowest BCUT2D eigenvalue weighted by Crippen LogP contribution is -2.34. The zero-order valence-electron chi connectivity index (χ0n) is 17.3. The molecule has 30 heavy (non-hydrogen) atoms. The van der Waals surface area contributed by atoms with Gasteiger partial charge in [-0.15, -0.1) is 0 Å². The predicted molar refractivity (Wildman–Crippen MR) is 108 cm³/mol. The Kier molecular flexibility index (Phi) is 8.06. The molecule has 0 aromatic heterocycles. The average Bonchev–Trinajstić information content (AvgIpc) is 2.77. The highest BCUT2D eigenvalue weighted by molar-refractivity contribution is 5.82. The van der Waals surface area contributed by atoms with E-state index in [1.165, 1.54) is 14.0 Å². The summed E-state index contributed by atoms with van der Waals surface area (Å²) in [6, 6.07) is 13.2. The molecule has 0 fully saturated rings. The third-order valence-electron chi connectivity index (χ3n) is 4.25. The van der Waals surface area contributed by atoms with Gasteiger partial charge in [0.2, 0.25) is 0 Å². The Morgan fingerprint density at radius 3 is 2.30 bits per heavy atom. The molecular weight excluding hydrogens is 388 g/mol. The fraction of sp³-hybridized carbons (Fsp3) is 0.318. The minimum Gasteiger partial charge on any atom is -0.497 e. The molecule has 2 rings (SSSR count). The monoisotopic (exact) mass is 412 g/mol. The van der Waals surface area contributed by atoms with Crippen molar-refractivity contribution in [1.29, 1.82) is 5.26 Å². The SMILES string of the molecule is COc1ccc(OC)c([C@H](C)NC(=O)COC(=O)[C@H](C)Oc2ccc(C#N)cc2)c1. The number of amides is 1. The van der Waals surface area contributed by atoms with Gasteiger partial charge in [0.15, 0.2) is 12.7 Å². The highest BCUT2D eigenvalue weighted by Crippen LogP contribution is 2.29. The third-order valence-corrected chi connectivity index (χ3v) is 4.25. The highest BCUT2D eigenvalue weighted by Gasteiger charge is 2.20. The molecule has 2 aromatic rings. The van der Waals surface area contributed by atoms with Crippen molar-refractivity contribution in [3.63, 3.8) is 0 Å². The van der Waals surface area contributed by atoms with Crippen molar-refractivity contribution in [2.75, 3.05) is 20.8 Å². The number of nitriles is 1. The molecule has 0 saturated carbocycles. The Hall–Kier alpha value is -3.73. The van der Waals surface area contributed by atoms with E-state index in [1.807, 2.05) is 6.07 Å². The van der Waals surface area contributed by atoms with E-state index >= 15 is 0 Å². The maximum absolute atomic E-state index is 12.2. The van der Waals surface area contributed by atoms with Gasteiger partial charge < -0.3 is 24.3 Å². The second-order valence-electron chi connectivity index (χ2n) is 6.40. The molecule has 158 valence electrons. The van der Waals surface area contributed by atoms with Crippen LogP contribution in [0, 0.1) is 11.3 Å². The Labute approximate surface area is 175 Å². The summed E-state index contributed by atoms with van der Waals surface area (Å²) in [6.07, 6.45) is -0.915. The molecule has 0 radical (unpaired) electrons. The molecular formula is C22H24N2O6. The molecule has 0 bridgehead atoms. The summed E-state index contributed by atoms with van der Waals surface area (Å²) in [5.74, 6) is 0.506. The minimum atomic E-state index is -0.915. The number of carbonyl (C=O) groups is 2. The number of ether oxygens (including phenoxy) is 4. The molecule has 0 aliphatic carbocycles. The predicted octanol–water partition coefficient (Wildman–Crippen LogP) is 2.76. The van der Waals surface area contributed by atoms with Gasteiger partial charge in [0.05, 0.1) is 31.9 Å². The molecule has 1 N–H and O–H groups in total. The van der Waals surface area contributed by atoms with Crippen molar-refractivity contribution < 1.29 is 28.5 Å². The molecule has 8 nitrogen and oxygen atoms in total. The summed E-state index contributed by atoms with van der Waals surface area (Å²) in [5.41, 5.74) is 1.21. The lowest BCUT2D eigenvalue weighted by Gasteiger charge is -2.19. The standard InChI is InChI=1S/C22H24N2O6/c1-14(19-11-18(27-3)9-10-20(19)28-4)24-21(25)13-29-22(26)15(2)30-17-7-5-16(12-23)6-8-17/h5-11,14-15H,13H2,1-4H3,(H,24,25)/t14-,15-/m0/s1. The van der Waals surface area contributed by atoms with Gasteiger partial charge in [0, 0.05) is 5.56 Å². The smallest absolute Gasteiger partial charge is 0.347 e. The molecule has 0 aliphatic heterocycles. The zero-order chi connectivity index (χ0) is 22.1. The first-order valence-corrected chi connectivity index (χ1v) is 9.22. The fourth-order valence-electron chi connectivity index (χ4n) is 2.65. The molecule has 0 aliphatic rings.